The second kappa shape index (κ2) is 9.56. The second-order valence-electron chi connectivity index (χ2n) is 7.10. The number of alkyl carbamates (subject to hydrolysis) is 1. The first-order valence-electron chi connectivity index (χ1n) is 9.62. The molecule has 0 saturated heterocycles. The van der Waals surface area contributed by atoms with Gasteiger partial charge in [0.2, 0.25) is 0 Å². The number of aromatic nitrogens is 1. The fourth-order valence-corrected chi connectivity index (χ4v) is 3.38. The molecular weight excluding hydrogens is 387 g/mol. The molecule has 2 unspecified atom stereocenters. The maximum atomic E-state index is 13.6. The summed E-state index contributed by atoms with van der Waals surface area (Å²) in [5.74, 6) is -0.361. The number of benzene rings is 2. The number of nitrogens with zero attached hydrogens (tertiary/aromatic N) is 1. The van der Waals surface area contributed by atoms with Gasteiger partial charge in [-0.15, -0.1) is 0 Å². The molecular formula is C23H25FN2O4. The zero-order valence-corrected chi connectivity index (χ0v) is 16.9. The number of aliphatic hydroxyl groups excluding tert-OH is 2. The van der Waals surface area contributed by atoms with E-state index in [1.54, 1.807) is 29.7 Å². The number of aliphatic hydroxyl groups is 2. The molecule has 0 aliphatic heterocycles. The fourth-order valence-electron chi connectivity index (χ4n) is 3.38. The van der Waals surface area contributed by atoms with Crippen LogP contribution in [0.4, 0.5) is 9.18 Å². The van der Waals surface area contributed by atoms with Gasteiger partial charge in [-0.2, -0.15) is 0 Å². The van der Waals surface area contributed by atoms with Gasteiger partial charge in [-0.1, -0.05) is 36.4 Å². The number of nitrogens with one attached hydrogen (secondary N) is 1. The van der Waals surface area contributed by atoms with Crippen LogP contribution >= 0.6 is 0 Å². The van der Waals surface area contributed by atoms with Crippen molar-refractivity contribution in [3.05, 3.63) is 89.0 Å². The third-order valence-corrected chi connectivity index (χ3v) is 4.89. The minimum atomic E-state index is -1.24. The fraction of sp³-hybridized carbons (Fsp3) is 0.261. The summed E-state index contributed by atoms with van der Waals surface area (Å²) >= 11 is 0. The summed E-state index contributed by atoms with van der Waals surface area (Å²) in [4.78, 5) is 11.9. The Morgan fingerprint density at radius 2 is 1.83 bits per heavy atom. The smallest absolute Gasteiger partial charge is 0.407 e. The quantitative estimate of drug-likeness (QED) is 0.554. The molecule has 0 aliphatic carbocycles. The first kappa shape index (κ1) is 21.5. The number of hydrogen-bond donors (Lipinski definition) is 3. The first-order chi connectivity index (χ1) is 14.4. The summed E-state index contributed by atoms with van der Waals surface area (Å²) in [7, 11) is 0. The molecule has 0 bridgehead atoms. The number of hydrogen-bond acceptors (Lipinski definition) is 4. The van der Waals surface area contributed by atoms with Crippen molar-refractivity contribution in [2.45, 2.75) is 32.7 Å². The van der Waals surface area contributed by atoms with Crippen molar-refractivity contribution in [1.29, 1.82) is 0 Å². The molecule has 1 amide bonds. The minimum absolute atomic E-state index is 0.111. The van der Waals surface area contributed by atoms with Crippen LogP contribution in [0.15, 0.2) is 60.7 Å². The summed E-state index contributed by atoms with van der Waals surface area (Å²) in [6, 6.07) is 17.1. The van der Waals surface area contributed by atoms with E-state index in [0.29, 0.717) is 16.9 Å². The van der Waals surface area contributed by atoms with Gasteiger partial charge in [0, 0.05) is 29.2 Å². The van der Waals surface area contributed by atoms with Crippen LogP contribution in [-0.2, 0) is 11.3 Å². The highest BCUT2D eigenvalue weighted by Gasteiger charge is 2.24. The van der Waals surface area contributed by atoms with E-state index in [9.17, 15) is 19.4 Å². The van der Waals surface area contributed by atoms with Crippen molar-refractivity contribution in [1.82, 2.24) is 9.88 Å². The average molecular weight is 412 g/mol. The Labute approximate surface area is 174 Å². The molecule has 0 fully saturated rings. The highest BCUT2D eigenvalue weighted by molar-refractivity contribution is 5.67. The molecule has 7 heteroatoms. The first-order valence-corrected chi connectivity index (χ1v) is 9.62. The standard InChI is InChI=1S/C23H25FN2O4/c1-15-11-20(16(2)26(15)19-10-6-9-18(24)12-19)22(28)21(27)13-25-23(29)30-14-17-7-4-3-5-8-17/h3-12,21-22,27-28H,13-14H2,1-2H3,(H,25,29). The molecule has 6 nitrogen and oxygen atoms in total. The van der Waals surface area contributed by atoms with Crippen LogP contribution in [-0.4, -0.2) is 33.5 Å². The van der Waals surface area contributed by atoms with Crippen LogP contribution in [0.3, 0.4) is 0 Å². The molecule has 0 aliphatic rings. The van der Waals surface area contributed by atoms with E-state index in [1.807, 2.05) is 37.3 Å². The van der Waals surface area contributed by atoms with Gasteiger partial charge in [-0.3, -0.25) is 0 Å². The third kappa shape index (κ3) is 5.06. The number of carbonyl (C=O) groups is 1. The third-order valence-electron chi connectivity index (χ3n) is 4.89. The predicted octanol–water partition coefficient (Wildman–Crippen LogP) is 3.55. The van der Waals surface area contributed by atoms with Crippen LogP contribution in [0.5, 0.6) is 0 Å². The van der Waals surface area contributed by atoms with Gasteiger partial charge in [0.05, 0.1) is 0 Å². The van der Waals surface area contributed by atoms with Crippen molar-refractivity contribution < 1.29 is 24.1 Å². The zero-order chi connectivity index (χ0) is 21.7. The Balaban J connectivity index is 1.61. The van der Waals surface area contributed by atoms with E-state index >= 15 is 0 Å². The van der Waals surface area contributed by atoms with Crippen LogP contribution in [0.2, 0.25) is 0 Å². The summed E-state index contributed by atoms with van der Waals surface area (Å²) in [5.41, 5.74) is 3.44. The molecule has 3 rings (SSSR count). The molecule has 158 valence electrons. The van der Waals surface area contributed by atoms with Gasteiger partial charge < -0.3 is 24.8 Å². The van der Waals surface area contributed by atoms with Crippen molar-refractivity contribution in [3.8, 4) is 5.69 Å². The van der Waals surface area contributed by atoms with Gasteiger partial charge in [0.15, 0.2) is 0 Å². The molecule has 0 radical (unpaired) electrons. The van der Waals surface area contributed by atoms with Gasteiger partial charge in [-0.05, 0) is 43.7 Å². The van der Waals surface area contributed by atoms with Crippen molar-refractivity contribution in [3.63, 3.8) is 0 Å². The minimum Gasteiger partial charge on any atom is -0.445 e. The molecule has 2 aromatic carbocycles. The zero-order valence-electron chi connectivity index (χ0n) is 16.9. The van der Waals surface area contributed by atoms with Crippen molar-refractivity contribution in [2.24, 2.45) is 0 Å². The monoisotopic (exact) mass is 412 g/mol. The Kier molecular flexibility index (Phi) is 6.87. The lowest BCUT2D eigenvalue weighted by Gasteiger charge is -2.19. The lowest BCUT2D eigenvalue weighted by Crippen LogP contribution is -2.35. The predicted molar refractivity (Wildman–Crippen MR) is 111 cm³/mol. The number of aryl methyl sites for hydroxylation is 1. The molecule has 1 aromatic heterocycles. The number of rotatable bonds is 7. The molecule has 3 aromatic rings. The number of ether oxygens (including phenoxy) is 1. The molecule has 0 spiro atoms. The SMILES string of the molecule is Cc1cc(C(O)C(O)CNC(=O)OCc2ccccc2)c(C)n1-c1cccc(F)c1. The van der Waals surface area contributed by atoms with Gasteiger partial charge in [0.25, 0.3) is 0 Å². The van der Waals surface area contributed by atoms with Gasteiger partial charge in [0.1, 0.15) is 24.6 Å². The summed E-state index contributed by atoms with van der Waals surface area (Å²) < 4.78 is 20.5. The van der Waals surface area contributed by atoms with Crippen molar-refractivity contribution in [2.75, 3.05) is 6.54 Å². The number of halogens is 1. The van der Waals surface area contributed by atoms with E-state index in [4.69, 9.17) is 4.74 Å². The Bertz CT molecular complexity index is 1000. The maximum Gasteiger partial charge on any atom is 0.407 e. The van der Waals surface area contributed by atoms with Gasteiger partial charge in [-0.25, -0.2) is 9.18 Å². The van der Waals surface area contributed by atoms with Crippen LogP contribution in [0, 0.1) is 19.7 Å². The summed E-state index contributed by atoms with van der Waals surface area (Å²) in [5, 5.41) is 23.4. The molecule has 30 heavy (non-hydrogen) atoms. The van der Waals surface area contributed by atoms with Crippen molar-refractivity contribution >= 4 is 6.09 Å². The van der Waals surface area contributed by atoms with Crippen LogP contribution in [0.25, 0.3) is 5.69 Å². The van der Waals surface area contributed by atoms with E-state index in [2.05, 4.69) is 5.32 Å². The highest BCUT2D eigenvalue weighted by Crippen LogP contribution is 2.27. The van der Waals surface area contributed by atoms with E-state index in [-0.39, 0.29) is 19.0 Å². The molecule has 1 heterocycles. The average Bonchev–Trinajstić information content (AvgIpc) is 3.04. The lowest BCUT2D eigenvalue weighted by molar-refractivity contribution is 0.0180. The second-order valence-corrected chi connectivity index (χ2v) is 7.10. The van der Waals surface area contributed by atoms with Crippen LogP contribution < -0.4 is 5.32 Å². The highest BCUT2D eigenvalue weighted by atomic mass is 19.1. The van der Waals surface area contributed by atoms with E-state index in [0.717, 1.165) is 11.3 Å². The Morgan fingerprint density at radius 1 is 1.10 bits per heavy atom. The van der Waals surface area contributed by atoms with Crippen LogP contribution in [0.1, 0.15) is 28.6 Å². The Hall–Kier alpha value is -3.16. The lowest BCUT2D eigenvalue weighted by atomic mass is 10.0. The largest absolute Gasteiger partial charge is 0.445 e. The maximum absolute atomic E-state index is 13.6. The topological polar surface area (TPSA) is 83.7 Å². The summed E-state index contributed by atoms with van der Waals surface area (Å²) in [6.45, 7) is 3.54. The summed E-state index contributed by atoms with van der Waals surface area (Å²) in [6.07, 6.45) is -3.15. The number of carbonyl (C=O) groups excluding carboxylic acids is 1. The van der Waals surface area contributed by atoms with E-state index in [1.165, 1.54) is 12.1 Å². The molecule has 3 N–H and O–H groups in total. The number of amides is 1. The normalized spacial score (nSPS) is 13.0. The molecule has 2 atom stereocenters. The Morgan fingerprint density at radius 3 is 2.53 bits per heavy atom. The van der Waals surface area contributed by atoms with E-state index < -0.39 is 18.3 Å². The van der Waals surface area contributed by atoms with Gasteiger partial charge >= 0.3 is 6.09 Å². The molecule has 0 saturated carbocycles.